The van der Waals surface area contributed by atoms with Gasteiger partial charge in [0.25, 0.3) is 0 Å². The molecule has 0 aliphatic carbocycles. The highest BCUT2D eigenvalue weighted by Gasteiger charge is 2.03. The standard InChI is InChI=1S/C12H9BrClNO/c13-10-2-1-3-11(6-10)16-12-4-5-15-8-9(12)7-14/h1-6,8H,7H2. The molecule has 0 N–H and O–H groups in total. The summed E-state index contributed by atoms with van der Waals surface area (Å²) in [6, 6.07) is 9.46. The molecule has 16 heavy (non-hydrogen) atoms. The number of hydrogen-bond donors (Lipinski definition) is 0. The zero-order chi connectivity index (χ0) is 11.4. The van der Waals surface area contributed by atoms with E-state index in [1.807, 2.05) is 24.3 Å². The van der Waals surface area contributed by atoms with Crippen molar-refractivity contribution in [2.75, 3.05) is 0 Å². The second-order valence-corrected chi connectivity index (χ2v) is 4.36. The van der Waals surface area contributed by atoms with Gasteiger partial charge < -0.3 is 4.74 Å². The Kier molecular flexibility index (Phi) is 3.80. The second kappa shape index (κ2) is 5.32. The van der Waals surface area contributed by atoms with Crippen molar-refractivity contribution < 1.29 is 4.74 Å². The van der Waals surface area contributed by atoms with E-state index < -0.39 is 0 Å². The van der Waals surface area contributed by atoms with Crippen LogP contribution in [0.3, 0.4) is 0 Å². The minimum Gasteiger partial charge on any atom is -0.457 e. The lowest BCUT2D eigenvalue weighted by molar-refractivity contribution is 0.477. The number of halogens is 2. The molecule has 0 atom stereocenters. The fraction of sp³-hybridized carbons (Fsp3) is 0.0833. The molecule has 4 heteroatoms. The van der Waals surface area contributed by atoms with Crippen LogP contribution in [0.25, 0.3) is 0 Å². The van der Waals surface area contributed by atoms with Gasteiger partial charge in [-0.05, 0) is 24.3 Å². The SMILES string of the molecule is ClCc1cnccc1Oc1cccc(Br)c1. The zero-order valence-corrected chi connectivity index (χ0v) is 10.7. The van der Waals surface area contributed by atoms with E-state index in [0.717, 1.165) is 21.5 Å². The van der Waals surface area contributed by atoms with E-state index in [-0.39, 0.29) is 0 Å². The van der Waals surface area contributed by atoms with Crippen LogP contribution in [0.15, 0.2) is 47.2 Å². The van der Waals surface area contributed by atoms with Gasteiger partial charge in [-0.2, -0.15) is 0 Å². The number of ether oxygens (including phenoxy) is 1. The Hall–Kier alpha value is -1.06. The number of hydrogen-bond acceptors (Lipinski definition) is 2. The van der Waals surface area contributed by atoms with Crippen LogP contribution in [0.4, 0.5) is 0 Å². The minimum absolute atomic E-state index is 0.386. The van der Waals surface area contributed by atoms with Crippen LogP contribution in [0.5, 0.6) is 11.5 Å². The molecule has 0 unspecified atom stereocenters. The molecular weight excluding hydrogens is 289 g/mol. The highest BCUT2D eigenvalue weighted by molar-refractivity contribution is 9.10. The molecule has 0 aliphatic heterocycles. The fourth-order valence-corrected chi connectivity index (χ4v) is 1.85. The summed E-state index contributed by atoms with van der Waals surface area (Å²) >= 11 is 9.19. The molecule has 2 rings (SSSR count). The number of nitrogens with zero attached hydrogens (tertiary/aromatic N) is 1. The largest absolute Gasteiger partial charge is 0.457 e. The van der Waals surface area contributed by atoms with Crippen molar-refractivity contribution in [1.29, 1.82) is 0 Å². The molecule has 0 fully saturated rings. The third-order valence-electron chi connectivity index (χ3n) is 2.03. The smallest absolute Gasteiger partial charge is 0.134 e. The summed E-state index contributed by atoms with van der Waals surface area (Å²) in [7, 11) is 0. The Bertz CT molecular complexity index is 490. The van der Waals surface area contributed by atoms with Crippen LogP contribution in [-0.4, -0.2) is 4.98 Å². The van der Waals surface area contributed by atoms with Crippen molar-refractivity contribution in [2.45, 2.75) is 5.88 Å². The van der Waals surface area contributed by atoms with Crippen LogP contribution in [0, 0.1) is 0 Å². The maximum Gasteiger partial charge on any atom is 0.134 e. The first kappa shape index (κ1) is 11.4. The van der Waals surface area contributed by atoms with E-state index in [9.17, 15) is 0 Å². The number of alkyl halides is 1. The van der Waals surface area contributed by atoms with Gasteiger partial charge in [-0.25, -0.2) is 0 Å². The van der Waals surface area contributed by atoms with Crippen molar-refractivity contribution >= 4 is 27.5 Å². The number of benzene rings is 1. The van der Waals surface area contributed by atoms with Crippen LogP contribution in [-0.2, 0) is 5.88 Å². The highest BCUT2D eigenvalue weighted by Crippen LogP contribution is 2.27. The summed E-state index contributed by atoms with van der Waals surface area (Å²) in [5.74, 6) is 1.90. The average Bonchev–Trinajstić information content (AvgIpc) is 2.30. The van der Waals surface area contributed by atoms with Gasteiger partial charge in [0.1, 0.15) is 11.5 Å². The lowest BCUT2D eigenvalue weighted by Crippen LogP contribution is -1.90. The van der Waals surface area contributed by atoms with E-state index >= 15 is 0 Å². The van der Waals surface area contributed by atoms with Crippen molar-refractivity contribution in [3.63, 3.8) is 0 Å². The topological polar surface area (TPSA) is 22.1 Å². The molecule has 2 aromatic rings. The number of pyridine rings is 1. The average molecular weight is 299 g/mol. The van der Waals surface area contributed by atoms with Gasteiger partial charge in [0.05, 0.1) is 5.88 Å². The predicted octanol–water partition coefficient (Wildman–Crippen LogP) is 4.38. The molecule has 82 valence electrons. The number of rotatable bonds is 3. The summed E-state index contributed by atoms with van der Waals surface area (Å²) in [4.78, 5) is 4.00. The molecule has 1 aromatic carbocycles. The normalized spacial score (nSPS) is 10.1. The van der Waals surface area contributed by atoms with Gasteiger partial charge in [-0.3, -0.25) is 4.98 Å². The van der Waals surface area contributed by atoms with Crippen LogP contribution >= 0.6 is 27.5 Å². The fourth-order valence-electron chi connectivity index (χ4n) is 1.27. The first-order valence-electron chi connectivity index (χ1n) is 4.72. The predicted molar refractivity (Wildman–Crippen MR) is 68.0 cm³/mol. The van der Waals surface area contributed by atoms with Crippen molar-refractivity contribution in [1.82, 2.24) is 4.98 Å². The molecule has 0 aliphatic rings. The van der Waals surface area contributed by atoms with Gasteiger partial charge >= 0.3 is 0 Å². The maximum absolute atomic E-state index is 5.80. The summed E-state index contributed by atoms with van der Waals surface area (Å²) in [5, 5.41) is 0. The molecule has 1 aromatic heterocycles. The molecule has 0 amide bonds. The van der Waals surface area contributed by atoms with E-state index in [1.165, 1.54) is 0 Å². The molecule has 1 heterocycles. The maximum atomic E-state index is 5.80. The lowest BCUT2D eigenvalue weighted by Gasteiger charge is -2.08. The van der Waals surface area contributed by atoms with E-state index in [1.54, 1.807) is 18.5 Å². The Balaban J connectivity index is 2.26. The van der Waals surface area contributed by atoms with Crippen molar-refractivity contribution in [3.05, 3.63) is 52.8 Å². The summed E-state index contributed by atoms with van der Waals surface area (Å²) in [5.41, 5.74) is 0.879. The first-order chi connectivity index (χ1) is 7.79. The quantitative estimate of drug-likeness (QED) is 0.785. The zero-order valence-electron chi connectivity index (χ0n) is 8.36. The van der Waals surface area contributed by atoms with E-state index in [4.69, 9.17) is 16.3 Å². The second-order valence-electron chi connectivity index (χ2n) is 3.18. The van der Waals surface area contributed by atoms with Crippen molar-refractivity contribution in [2.24, 2.45) is 0 Å². The Morgan fingerprint density at radius 2 is 2.19 bits per heavy atom. The molecule has 0 saturated carbocycles. The lowest BCUT2D eigenvalue weighted by atomic mass is 10.3. The van der Waals surface area contributed by atoms with Crippen LogP contribution in [0.2, 0.25) is 0 Å². The van der Waals surface area contributed by atoms with Crippen LogP contribution < -0.4 is 4.74 Å². The van der Waals surface area contributed by atoms with Gasteiger partial charge in [-0.15, -0.1) is 11.6 Å². The summed E-state index contributed by atoms with van der Waals surface area (Å²) in [6.07, 6.45) is 3.39. The summed E-state index contributed by atoms with van der Waals surface area (Å²) < 4.78 is 6.70. The Morgan fingerprint density at radius 1 is 1.31 bits per heavy atom. The van der Waals surface area contributed by atoms with Gasteiger partial charge in [0.15, 0.2) is 0 Å². The minimum atomic E-state index is 0.386. The summed E-state index contributed by atoms with van der Waals surface area (Å²) in [6.45, 7) is 0. The van der Waals surface area contributed by atoms with E-state index in [0.29, 0.717) is 5.88 Å². The third kappa shape index (κ3) is 2.74. The van der Waals surface area contributed by atoms with Gasteiger partial charge in [-0.1, -0.05) is 22.0 Å². The molecular formula is C12H9BrClNO. The molecule has 0 bridgehead atoms. The number of aromatic nitrogens is 1. The van der Waals surface area contributed by atoms with Gasteiger partial charge in [0.2, 0.25) is 0 Å². The van der Waals surface area contributed by atoms with Crippen molar-refractivity contribution in [3.8, 4) is 11.5 Å². The highest BCUT2D eigenvalue weighted by atomic mass is 79.9. The molecule has 0 spiro atoms. The monoisotopic (exact) mass is 297 g/mol. The Morgan fingerprint density at radius 3 is 2.94 bits per heavy atom. The van der Waals surface area contributed by atoms with Crippen LogP contribution in [0.1, 0.15) is 5.56 Å². The Labute approximate surface area is 107 Å². The third-order valence-corrected chi connectivity index (χ3v) is 2.81. The molecule has 2 nitrogen and oxygen atoms in total. The van der Waals surface area contributed by atoms with Gasteiger partial charge in [0, 0.05) is 22.4 Å². The first-order valence-corrected chi connectivity index (χ1v) is 6.04. The molecule has 0 saturated heterocycles. The van der Waals surface area contributed by atoms with E-state index in [2.05, 4.69) is 20.9 Å². The molecule has 0 radical (unpaired) electrons.